The summed E-state index contributed by atoms with van der Waals surface area (Å²) in [7, 11) is 0. The Morgan fingerprint density at radius 3 is 1.79 bits per heavy atom. The van der Waals surface area contributed by atoms with Gasteiger partial charge >= 0.3 is 0 Å². The van der Waals surface area contributed by atoms with Crippen LogP contribution in [0.5, 0.6) is 0 Å². The first-order valence-electron chi connectivity index (χ1n) is 7.44. The molecule has 19 heavy (non-hydrogen) atoms. The summed E-state index contributed by atoms with van der Waals surface area (Å²) < 4.78 is 16.1. The number of unbranched alkanes of at least 4 members (excludes halogenated alkanes) is 1. The fourth-order valence-electron chi connectivity index (χ4n) is 1.43. The molecule has 0 atom stereocenters. The number of hydrogen-bond acceptors (Lipinski definition) is 4. The van der Waals surface area contributed by atoms with E-state index >= 15 is 0 Å². The van der Waals surface area contributed by atoms with Crippen LogP contribution in [-0.4, -0.2) is 45.4 Å². The number of rotatable bonds is 14. The molecule has 4 heteroatoms. The van der Waals surface area contributed by atoms with Crippen LogP contribution >= 0.6 is 0 Å². The van der Waals surface area contributed by atoms with Crippen molar-refractivity contribution in [2.24, 2.45) is 5.92 Å². The van der Waals surface area contributed by atoms with Crippen LogP contribution in [-0.2, 0) is 19.0 Å². The molecule has 0 spiro atoms. The fraction of sp³-hybridized carbons (Fsp3) is 0.933. The van der Waals surface area contributed by atoms with Gasteiger partial charge in [-0.3, -0.25) is 4.79 Å². The van der Waals surface area contributed by atoms with E-state index in [9.17, 15) is 4.79 Å². The van der Waals surface area contributed by atoms with Crippen molar-refractivity contribution in [1.82, 2.24) is 0 Å². The molecule has 4 nitrogen and oxygen atoms in total. The third kappa shape index (κ3) is 13.8. The van der Waals surface area contributed by atoms with Gasteiger partial charge in [0, 0.05) is 25.6 Å². The van der Waals surface area contributed by atoms with Gasteiger partial charge in [0.25, 0.3) is 0 Å². The van der Waals surface area contributed by atoms with Gasteiger partial charge in [0.1, 0.15) is 5.78 Å². The van der Waals surface area contributed by atoms with E-state index in [4.69, 9.17) is 14.2 Å². The molecule has 0 aliphatic rings. The highest BCUT2D eigenvalue weighted by Crippen LogP contribution is 2.01. The van der Waals surface area contributed by atoms with Crippen LogP contribution < -0.4 is 0 Å². The minimum atomic E-state index is 0.135. The van der Waals surface area contributed by atoms with E-state index in [0.717, 1.165) is 25.9 Å². The van der Waals surface area contributed by atoms with Crippen molar-refractivity contribution >= 4 is 5.78 Å². The lowest BCUT2D eigenvalue weighted by atomic mass is 10.1. The van der Waals surface area contributed by atoms with Crippen LogP contribution in [0.15, 0.2) is 0 Å². The average molecular weight is 274 g/mol. The molecule has 0 heterocycles. The number of carbonyl (C=O) groups is 1. The molecule has 0 radical (unpaired) electrons. The normalized spacial score (nSPS) is 11.2. The molecule has 0 saturated heterocycles. The third-order valence-electron chi connectivity index (χ3n) is 2.74. The lowest BCUT2D eigenvalue weighted by Crippen LogP contribution is -2.11. The van der Waals surface area contributed by atoms with Crippen LogP contribution in [0.1, 0.15) is 46.5 Å². The second kappa shape index (κ2) is 14.0. The zero-order valence-corrected chi connectivity index (χ0v) is 12.8. The van der Waals surface area contributed by atoms with Gasteiger partial charge in [0.15, 0.2) is 0 Å². The fourth-order valence-corrected chi connectivity index (χ4v) is 1.43. The first-order chi connectivity index (χ1) is 9.18. The molecule has 0 amide bonds. The van der Waals surface area contributed by atoms with Crippen molar-refractivity contribution in [2.75, 3.05) is 39.6 Å². The molecule has 0 aromatic carbocycles. The molecule has 0 aromatic rings. The van der Waals surface area contributed by atoms with Gasteiger partial charge in [0.05, 0.1) is 26.4 Å². The quantitative estimate of drug-likeness (QED) is 0.457. The largest absolute Gasteiger partial charge is 0.379 e. The molecule has 0 aromatic heterocycles. The Labute approximate surface area is 117 Å². The average Bonchev–Trinajstić information content (AvgIpc) is 2.39. The predicted molar refractivity (Wildman–Crippen MR) is 76.4 cm³/mol. The smallest absolute Gasteiger partial charge is 0.135 e. The highest BCUT2D eigenvalue weighted by atomic mass is 16.5. The standard InChI is InChI=1S/C15H30O4/c1-4-5-8-17-10-12-19-13-11-18-9-6-7-15(16)14(2)3/h14H,4-13H2,1-3H3. The summed E-state index contributed by atoms with van der Waals surface area (Å²) in [6.07, 6.45) is 3.69. The summed E-state index contributed by atoms with van der Waals surface area (Å²) in [5.41, 5.74) is 0. The molecule has 0 rings (SSSR count). The number of Topliss-reactive ketones (excluding diaryl/α,β-unsaturated/α-hetero) is 1. The Bertz CT molecular complexity index is 204. The van der Waals surface area contributed by atoms with Gasteiger partial charge in [0.2, 0.25) is 0 Å². The van der Waals surface area contributed by atoms with Crippen LogP contribution in [0, 0.1) is 5.92 Å². The second-order valence-electron chi connectivity index (χ2n) is 4.92. The summed E-state index contributed by atoms with van der Waals surface area (Å²) in [6, 6.07) is 0. The van der Waals surface area contributed by atoms with Crippen LogP contribution in [0.25, 0.3) is 0 Å². The molecule has 0 N–H and O–H groups in total. The van der Waals surface area contributed by atoms with E-state index in [1.807, 2.05) is 13.8 Å². The Kier molecular flexibility index (Phi) is 13.6. The summed E-state index contributed by atoms with van der Waals surface area (Å²) in [4.78, 5) is 11.3. The SMILES string of the molecule is CCCCOCCOCCOCCCC(=O)C(C)C. The molecule has 0 bridgehead atoms. The Balaban J connectivity index is 3.05. The summed E-state index contributed by atoms with van der Waals surface area (Å²) in [5.74, 6) is 0.445. The number of ether oxygens (including phenoxy) is 3. The number of ketones is 1. The first kappa shape index (κ1) is 18.6. The van der Waals surface area contributed by atoms with E-state index in [1.165, 1.54) is 0 Å². The van der Waals surface area contributed by atoms with E-state index in [-0.39, 0.29) is 5.92 Å². The summed E-state index contributed by atoms with van der Waals surface area (Å²) >= 11 is 0. The van der Waals surface area contributed by atoms with Crippen molar-refractivity contribution in [3.63, 3.8) is 0 Å². The summed E-state index contributed by atoms with van der Waals surface area (Å²) in [5, 5.41) is 0. The predicted octanol–water partition coefficient (Wildman–Crippen LogP) is 2.84. The topological polar surface area (TPSA) is 44.8 Å². The zero-order valence-electron chi connectivity index (χ0n) is 12.8. The maximum Gasteiger partial charge on any atom is 0.135 e. The highest BCUT2D eigenvalue weighted by Gasteiger charge is 2.05. The Morgan fingerprint density at radius 1 is 0.842 bits per heavy atom. The van der Waals surface area contributed by atoms with Crippen LogP contribution in [0.3, 0.4) is 0 Å². The maximum atomic E-state index is 11.3. The molecular weight excluding hydrogens is 244 g/mol. The molecule has 0 fully saturated rings. The molecule has 0 unspecified atom stereocenters. The number of hydrogen-bond donors (Lipinski definition) is 0. The third-order valence-corrected chi connectivity index (χ3v) is 2.74. The molecule has 0 aliphatic heterocycles. The molecule has 0 saturated carbocycles. The minimum Gasteiger partial charge on any atom is -0.379 e. The Morgan fingerprint density at radius 2 is 1.32 bits per heavy atom. The molecular formula is C15H30O4. The zero-order chi connectivity index (χ0) is 14.3. The van der Waals surface area contributed by atoms with Gasteiger partial charge in [-0.25, -0.2) is 0 Å². The lowest BCUT2D eigenvalue weighted by molar-refractivity contribution is -0.122. The minimum absolute atomic E-state index is 0.135. The van der Waals surface area contributed by atoms with Gasteiger partial charge < -0.3 is 14.2 Å². The number of carbonyl (C=O) groups excluding carboxylic acids is 1. The van der Waals surface area contributed by atoms with E-state index in [1.54, 1.807) is 0 Å². The van der Waals surface area contributed by atoms with Gasteiger partial charge in [-0.15, -0.1) is 0 Å². The van der Waals surface area contributed by atoms with Crippen molar-refractivity contribution in [2.45, 2.75) is 46.5 Å². The highest BCUT2D eigenvalue weighted by molar-refractivity contribution is 5.80. The molecule has 114 valence electrons. The first-order valence-corrected chi connectivity index (χ1v) is 7.44. The van der Waals surface area contributed by atoms with Crippen molar-refractivity contribution < 1.29 is 19.0 Å². The Hall–Kier alpha value is -0.450. The second-order valence-corrected chi connectivity index (χ2v) is 4.92. The van der Waals surface area contributed by atoms with Gasteiger partial charge in [-0.1, -0.05) is 27.2 Å². The van der Waals surface area contributed by atoms with Crippen molar-refractivity contribution in [1.29, 1.82) is 0 Å². The van der Waals surface area contributed by atoms with Crippen LogP contribution in [0.2, 0.25) is 0 Å². The van der Waals surface area contributed by atoms with Crippen LogP contribution in [0.4, 0.5) is 0 Å². The van der Waals surface area contributed by atoms with Gasteiger partial charge in [-0.05, 0) is 12.8 Å². The van der Waals surface area contributed by atoms with E-state index in [0.29, 0.717) is 45.2 Å². The lowest BCUT2D eigenvalue weighted by Gasteiger charge is -2.07. The monoisotopic (exact) mass is 274 g/mol. The van der Waals surface area contributed by atoms with E-state index in [2.05, 4.69) is 6.92 Å². The maximum absolute atomic E-state index is 11.3. The van der Waals surface area contributed by atoms with Crippen molar-refractivity contribution in [3.8, 4) is 0 Å². The van der Waals surface area contributed by atoms with Gasteiger partial charge in [-0.2, -0.15) is 0 Å². The van der Waals surface area contributed by atoms with E-state index < -0.39 is 0 Å². The molecule has 0 aliphatic carbocycles. The summed E-state index contributed by atoms with van der Waals surface area (Å²) in [6.45, 7) is 9.92. The van der Waals surface area contributed by atoms with Crippen molar-refractivity contribution in [3.05, 3.63) is 0 Å².